The van der Waals surface area contributed by atoms with Gasteiger partial charge >= 0.3 is 0 Å². The SMILES string of the molecule is COC(C)COc1ccc(S(N)(=O)=O)c(C)c1C. The number of methoxy groups -OCH3 is 1. The van der Waals surface area contributed by atoms with E-state index in [1.807, 2.05) is 6.92 Å². The predicted octanol–water partition coefficient (Wildman–Crippen LogP) is 1.36. The number of primary sulfonamides is 1. The number of benzene rings is 1. The number of hydrogen-bond donors (Lipinski definition) is 1. The maximum Gasteiger partial charge on any atom is 0.238 e. The van der Waals surface area contributed by atoms with Crippen LogP contribution in [0.5, 0.6) is 5.75 Å². The quantitative estimate of drug-likeness (QED) is 0.878. The molecule has 0 amide bonds. The van der Waals surface area contributed by atoms with Gasteiger partial charge in [0.25, 0.3) is 0 Å². The zero-order valence-electron chi connectivity index (χ0n) is 11.1. The summed E-state index contributed by atoms with van der Waals surface area (Å²) in [6.07, 6.45) is -0.0253. The van der Waals surface area contributed by atoms with Crippen LogP contribution >= 0.6 is 0 Å². The Morgan fingerprint density at radius 1 is 1.28 bits per heavy atom. The van der Waals surface area contributed by atoms with Gasteiger partial charge in [0.15, 0.2) is 0 Å². The summed E-state index contributed by atoms with van der Waals surface area (Å²) in [6, 6.07) is 3.08. The van der Waals surface area contributed by atoms with E-state index in [4.69, 9.17) is 14.6 Å². The summed E-state index contributed by atoms with van der Waals surface area (Å²) in [7, 11) is -2.08. The molecule has 18 heavy (non-hydrogen) atoms. The molecule has 0 bridgehead atoms. The van der Waals surface area contributed by atoms with Crippen molar-refractivity contribution >= 4 is 10.0 Å². The summed E-state index contributed by atoms with van der Waals surface area (Å²) in [5.41, 5.74) is 1.38. The molecule has 0 radical (unpaired) electrons. The van der Waals surface area contributed by atoms with Crippen molar-refractivity contribution in [1.82, 2.24) is 0 Å². The van der Waals surface area contributed by atoms with Gasteiger partial charge < -0.3 is 9.47 Å². The van der Waals surface area contributed by atoms with Crippen molar-refractivity contribution in [2.24, 2.45) is 5.14 Å². The van der Waals surface area contributed by atoms with E-state index < -0.39 is 10.0 Å². The average molecular weight is 273 g/mol. The Bertz CT molecular complexity index is 525. The van der Waals surface area contributed by atoms with Crippen LogP contribution in [-0.4, -0.2) is 28.2 Å². The van der Waals surface area contributed by atoms with Gasteiger partial charge in [-0.25, -0.2) is 13.6 Å². The predicted molar refractivity (Wildman–Crippen MR) is 69.3 cm³/mol. The smallest absolute Gasteiger partial charge is 0.238 e. The lowest BCUT2D eigenvalue weighted by Crippen LogP contribution is -2.17. The summed E-state index contributed by atoms with van der Waals surface area (Å²) >= 11 is 0. The van der Waals surface area contributed by atoms with Gasteiger partial charge in [0.1, 0.15) is 12.4 Å². The van der Waals surface area contributed by atoms with Crippen LogP contribution in [-0.2, 0) is 14.8 Å². The Morgan fingerprint density at radius 3 is 2.39 bits per heavy atom. The molecule has 102 valence electrons. The summed E-state index contributed by atoms with van der Waals surface area (Å²) in [5.74, 6) is 0.642. The number of rotatable bonds is 5. The maximum atomic E-state index is 11.3. The van der Waals surface area contributed by atoms with E-state index in [-0.39, 0.29) is 11.0 Å². The van der Waals surface area contributed by atoms with E-state index >= 15 is 0 Å². The molecular weight excluding hydrogens is 254 g/mol. The molecule has 2 N–H and O–H groups in total. The molecule has 5 nitrogen and oxygen atoms in total. The number of nitrogens with two attached hydrogens (primary N) is 1. The van der Waals surface area contributed by atoms with Crippen LogP contribution in [0.1, 0.15) is 18.1 Å². The van der Waals surface area contributed by atoms with Crippen molar-refractivity contribution in [3.05, 3.63) is 23.3 Å². The zero-order valence-corrected chi connectivity index (χ0v) is 11.9. The fourth-order valence-corrected chi connectivity index (χ4v) is 2.35. The van der Waals surface area contributed by atoms with Gasteiger partial charge in [-0.1, -0.05) is 0 Å². The second kappa shape index (κ2) is 5.69. The third-order valence-corrected chi connectivity index (χ3v) is 3.93. The van der Waals surface area contributed by atoms with Crippen molar-refractivity contribution in [3.63, 3.8) is 0 Å². The molecule has 1 aromatic rings. The molecule has 0 aliphatic carbocycles. The van der Waals surface area contributed by atoms with Crippen LogP contribution in [0.3, 0.4) is 0 Å². The molecule has 1 aromatic carbocycles. The second-order valence-corrected chi connectivity index (χ2v) is 5.74. The molecule has 0 spiro atoms. The molecule has 0 aromatic heterocycles. The Kier molecular flexibility index (Phi) is 4.72. The second-order valence-electron chi connectivity index (χ2n) is 4.21. The molecular formula is C12H19NO4S. The van der Waals surface area contributed by atoms with E-state index in [9.17, 15) is 8.42 Å². The lowest BCUT2D eigenvalue weighted by Gasteiger charge is -2.15. The molecule has 1 unspecified atom stereocenters. The fourth-order valence-electron chi connectivity index (χ4n) is 1.51. The van der Waals surface area contributed by atoms with Crippen molar-refractivity contribution in [1.29, 1.82) is 0 Å². The molecule has 6 heteroatoms. The molecule has 1 rings (SSSR count). The normalized spacial score (nSPS) is 13.4. The monoisotopic (exact) mass is 273 g/mol. The fraction of sp³-hybridized carbons (Fsp3) is 0.500. The van der Waals surface area contributed by atoms with Crippen LogP contribution in [0.25, 0.3) is 0 Å². The lowest BCUT2D eigenvalue weighted by molar-refractivity contribution is 0.0714. The van der Waals surface area contributed by atoms with E-state index in [2.05, 4.69) is 0 Å². The van der Waals surface area contributed by atoms with Crippen LogP contribution in [0.15, 0.2) is 17.0 Å². The summed E-state index contributed by atoms with van der Waals surface area (Å²) in [6.45, 7) is 5.81. The van der Waals surface area contributed by atoms with E-state index in [1.165, 1.54) is 6.07 Å². The summed E-state index contributed by atoms with van der Waals surface area (Å²) in [4.78, 5) is 0.132. The molecule has 0 aliphatic heterocycles. The van der Waals surface area contributed by atoms with Crippen molar-refractivity contribution < 1.29 is 17.9 Å². The average Bonchev–Trinajstić information content (AvgIpc) is 2.28. The molecule has 1 atom stereocenters. The third-order valence-electron chi connectivity index (χ3n) is 2.87. The number of hydrogen-bond acceptors (Lipinski definition) is 4. The molecule has 0 saturated carbocycles. The van der Waals surface area contributed by atoms with Gasteiger partial charge in [0, 0.05) is 7.11 Å². The summed E-state index contributed by atoms with van der Waals surface area (Å²) < 4.78 is 33.3. The summed E-state index contributed by atoms with van der Waals surface area (Å²) in [5, 5.41) is 5.13. The van der Waals surface area contributed by atoms with Crippen molar-refractivity contribution in [3.8, 4) is 5.75 Å². The topological polar surface area (TPSA) is 78.6 Å². The number of ether oxygens (including phenoxy) is 2. The molecule has 0 aliphatic rings. The Hall–Kier alpha value is -1.11. The van der Waals surface area contributed by atoms with Gasteiger partial charge in [0.2, 0.25) is 10.0 Å². The number of sulfonamides is 1. The largest absolute Gasteiger partial charge is 0.491 e. The minimum absolute atomic E-state index is 0.0253. The highest BCUT2D eigenvalue weighted by atomic mass is 32.2. The van der Waals surface area contributed by atoms with E-state index in [1.54, 1.807) is 27.0 Å². The standard InChI is InChI=1S/C12H19NO4S/c1-8(16-4)7-17-11-5-6-12(18(13,14)15)10(3)9(11)2/h5-6,8H,7H2,1-4H3,(H2,13,14,15). The van der Waals surface area contributed by atoms with Gasteiger partial charge in [0.05, 0.1) is 11.0 Å². The van der Waals surface area contributed by atoms with Crippen LogP contribution in [0, 0.1) is 13.8 Å². The minimum Gasteiger partial charge on any atom is -0.491 e. The highest BCUT2D eigenvalue weighted by molar-refractivity contribution is 7.89. The van der Waals surface area contributed by atoms with Crippen LogP contribution in [0.4, 0.5) is 0 Å². The first-order valence-corrected chi connectivity index (χ1v) is 7.10. The minimum atomic E-state index is -3.69. The molecule has 0 heterocycles. The van der Waals surface area contributed by atoms with E-state index in [0.29, 0.717) is 17.9 Å². The van der Waals surface area contributed by atoms with Crippen LogP contribution < -0.4 is 9.88 Å². The Balaban J connectivity index is 3.02. The molecule has 0 fully saturated rings. The van der Waals surface area contributed by atoms with Gasteiger partial charge in [-0.3, -0.25) is 0 Å². The van der Waals surface area contributed by atoms with Gasteiger partial charge in [-0.2, -0.15) is 0 Å². The highest BCUT2D eigenvalue weighted by Crippen LogP contribution is 2.26. The molecule has 0 saturated heterocycles. The van der Waals surface area contributed by atoms with E-state index in [0.717, 1.165) is 5.56 Å². The maximum absolute atomic E-state index is 11.3. The Morgan fingerprint density at radius 2 is 1.89 bits per heavy atom. The lowest BCUT2D eigenvalue weighted by atomic mass is 10.1. The van der Waals surface area contributed by atoms with Crippen molar-refractivity contribution in [2.45, 2.75) is 31.8 Å². The first-order chi connectivity index (χ1) is 8.27. The van der Waals surface area contributed by atoms with Crippen LogP contribution in [0.2, 0.25) is 0 Å². The van der Waals surface area contributed by atoms with Gasteiger partial charge in [-0.15, -0.1) is 0 Å². The highest BCUT2D eigenvalue weighted by Gasteiger charge is 2.15. The third kappa shape index (κ3) is 3.44. The van der Waals surface area contributed by atoms with Gasteiger partial charge in [-0.05, 0) is 44.0 Å². The van der Waals surface area contributed by atoms with Crippen molar-refractivity contribution in [2.75, 3.05) is 13.7 Å². The first kappa shape index (κ1) is 14.9. The first-order valence-electron chi connectivity index (χ1n) is 5.56. The zero-order chi connectivity index (χ0) is 13.9. The Labute approximate surface area is 108 Å².